The first-order valence-corrected chi connectivity index (χ1v) is 8.20. The number of hydrogen-bond acceptors (Lipinski definition) is 6. The molecule has 0 bridgehead atoms. The van der Waals surface area contributed by atoms with Gasteiger partial charge in [-0.2, -0.15) is 13.2 Å². The highest BCUT2D eigenvalue weighted by atomic mass is 19.4. The summed E-state index contributed by atoms with van der Waals surface area (Å²) in [6.07, 6.45) is -0.592. The molecule has 0 radical (unpaired) electrons. The fourth-order valence-electron chi connectivity index (χ4n) is 2.98. The van der Waals surface area contributed by atoms with Gasteiger partial charge in [0.25, 0.3) is 0 Å². The number of rotatable bonds is 2. The van der Waals surface area contributed by atoms with Crippen LogP contribution in [0.5, 0.6) is 11.5 Å². The van der Waals surface area contributed by atoms with Crippen LogP contribution in [0, 0.1) is 0 Å². The molecule has 1 aliphatic rings. The Morgan fingerprint density at radius 3 is 2.36 bits per heavy atom. The third-order valence-corrected chi connectivity index (χ3v) is 4.54. The largest absolute Gasteiger partial charge is 0.503 e. The van der Waals surface area contributed by atoms with Crippen molar-refractivity contribution in [3.8, 4) is 11.5 Å². The molecule has 1 aliphatic heterocycles. The van der Waals surface area contributed by atoms with Gasteiger partial charge in [0.05, 0.1) is 11.4 Å². The minimum atomic E-state index is -4.53. The van der Waals surface area contributed by atoms with E-state index in [0.29, 0.717) is 29.7 Å². The summed E-state index contributed by atoms with van der Waals surface area (Å²) in [5.41, 5.74) is 12.0. The SMILES string of the molecule is Nc1c(O)c(O)c(N)c2c1CCN(C(=O)/C=C/c1ccc(C(F)(F)F)nc1)C2. The molecule has 0 atom stereocenters. The van der Waals surface area contributed by atoms with Gasteiger partial charge in [-0.15, -0.1) is 0 Å². The summed E-state index contributed by atoms with van der Waals surface area (Å²) in [6.45, 7) is 0.378. The molecule has 10 heteroatoms. The second kappa shape index (κ2) is 6.95. The lowest BCUT2D eigenvalue weighted by molar-refractivity contribution is -0.141. The third-order valence-electron chi connectivity index (χ3n) is 4.54. The fourth-order valence-corrected chi connectivity index (χ4v) is 2.98. The van der Waals surface area contributed by atoms with Crippen molar-refractivity contribution >= 4 is 23.4 Å². The number of phenolic OH excluding ortho intramolecular Hbond substituents is 2. The van der Waals surface area contributed by atoms with E-state index in [-0.39, 0.29) is 17.9 Å². The second-order valence-corrected chi connectivity index (χ2v) is 6.30. The quantitative estimate of drug-likeness (QED) is 0.352. The maximum Gasteiger partial charge on any atom is 0.433 e. The minimum absolute atomic E-state index is 0.0279. The molecule has 2 aromatic rings. The van der Waals surface area contributed by atoms with E-state index in [1.165, 1.54) is 23.1 Å². The van der Waals surface area contributed by atoms with Crippen LogP contribution in [-0.2, 0) is 23.9 Å². The van der Waals surface area contributed by atoms with Crippen LogP contribution in [0.1, 0.15) is 22.4 Å². The Labute approximate surface area is 157 Å². The summed E-state index contributed by atoms with van der Waals surface area (Å²) in [7, 11) is 0. The maximum absolute atomic E-state index is 12.5. The summed E-state index contributed by atoms with van der Waals surface area (Å²) >= 11 is 0. The zero-order chi connectivity index (χ0) is 20.6. The number of anilines is 2. The topological polar surface area (TPSA) is 126 Å². The van der Waals surface area contributed by atoms with Crippen molar-refractivity contribution in [2.24, 2.45) is 0 Å². The lowest BCUT2D eigenvalue weighted by Gasteiger charge is -2.30. The Morgan fingerprint density at radius 1 is 1.14 bits per heavy atom. The Balaban J connectivity index is 1.76. The average molecular weight is 394 g/mol. The lowest BCUT2D eigenvalue weighted by atomic mass is 9.95. The van der Waals surface area contributed by atoms with Gasteiger partial charge < -0.3 is 26.6 Å². The highest BCUT2D eigenvalue weighted by molar-refractivity contribution is 5.92. The monoisotopic (exact) mass is 394 g/mol. The van der Waals surface area contributed by atoms with Gasteiger partial charge in [0.2, 0.25) is 5.91 Å². The van der Waals surface area contributed by atoms with E-state index in [9.17, 15) is 28.2 Å². The van der Waals surface area contributed by atoms with Gasteiger partial charge in [-0.25, -0.2) is 0 Å². The summed E-state index contributed by atoms with van der Waals surface area (Å²) < 4.78 is 37.6. The van der Waals surface area contributed by atoms with E-state index in [1.54, 1.807) is 0 Å². The number of nitrogen functional groups attached to an aromatic ring is 2. The van der Waals surface area contributed by atoms with E-state index >= 15 is 0 Å². The van der Waals surface area contributed by atoms with Crippen LogP contribution in [0.2, 0.25) is 0 Å². The molecule has 0 unspecified atom stereocenters. The normalized spacial score (nSPS) is 14.3. The number of fused-ring (bicyclic) bond motifs is 1. The van der Waals surface area contributed by atoms with Crippen molar-refractivity contribution in [2.75, 3.05) is 18.0 Å². The molecule has 1 aromatic carbocycles. The van der Waals surface area contributed by atoms with Crippen LogP contribution < -0.4 is 11.5 Å². The molecule has 6 N–H and O–H groups in total. The fraction of sp³-hybridized carbons (Fsp3) is 0.222. The summed E-state index contributed by atoms with van der Waals surface area (Å²) in [4.78, 5) is 17.2. The predicted molar refractivity (Wildman–Crippen MR) is 96.0 cm³/mol. The number of phenols is 2. The van der Waals surface area contributed by atoms with E-state index in [1.807, 2.05) is 0 Å². The van der Waals surface area contributed by atoms with Crippen LogP contribution in [0.3, 0.4) is 0 Å². The number of pyridine rings is 1. The molecule has 0 saturated carbocycles. The standard InChI is InChI=1S/C18H17F3N4O3/c19-18(20,21)12-3-1-9(7-24-12)2-4-13(26)25-6-5-10-11(8-25)15(23)17(28)16(27)14(10)22/h1-4,7,27-28H,5-6,8,22-23H2/b4-2+. The first-order valence-electron chi connectivity index (χ1n) is 8.20. The van der Waals surface area contributed by atoms with Crippen LogP contribution >= 0.6 is 0 Å². The predicted octanol–water partition coefficient (Wildman–Crippen LogP) is 2.27. The first kappa shape index (κ1) is 19.3. The van der Waals surface area contributed by atoms with Crippen molar-refractivity contribution in [1.29, 1.82) is 0 Å². The number of alkyl halides is 3. The van der Waals surface area contributed by atoms with Crippen molar-refractivity contribution in [2.45, 2.75) is 19.1 Å². The molecular formula is C18H17F3N4O3. The second-order valence-electron chi connectivity index (χ2n) is 6.30. The highest BCUT2D eigenvalue weighted by Gasteiger charge is 2.32. The van der Waals surface area contributed by atoms with Crippen molar-refractivity contribution in [1.82, 2.24) is 9.88 Å². The zero-order valence-electron chi connectivity index (χ0n) is 14.5. The summed E-state index contributed by atoms with van der Waals surface area (Å²) in [5.74, 6) is -1.40. The molecule has 1 aromatic heterocycles. The molecule has 1 amide bonds. The first-order chi connectivity index (χ1) is 13.1. The lowest BCUT2D eigenvalue weighted by Crippen LogP contribution is -2.35. The molecule has 148 valence electrons. The van der Waals surface area contributed by atoms with Crippen LogP contribution in [0.25, 0.3) is 6.08 Å². The van der Waals surface area contributed by atoms with Gasteiger partial charge in [-0.05, 0) is 29.7 Å². The Hall–Kier alpha value is -3.43. The van der Waals surface area contributed by atoms with Crippen molar-refractivity contribution in [3.63, 3.8) is 0 Å². The van der Waals surface area contributed by atoms with Gasteiger partial charge in [0.1, 0.15) is 5.69 Å². The Bertz CT molecular complexity index is 956. The van der Waals surface area contributed by atoms with Gasteiger partial charge >= 0.3 is 6.18 Å². The van der Waals surface area contributed by atoms with E-state index in [0.717, 1.165) is 12.3 Å². The number of nitrogens with two attached hydrogens (primary N) is 2. The number of nitrogens with zero attached hydrogens (tertiary/aromatic N) is 2. The van der Waals surface area contributed by atoms with E-state index in [4.69, 9.17) is 11.5 Å². The Morgan fingerprint density at radius 2 is 1.79 bits per heavy atom. The maximum atomic E-state index is 12.5. The third kappa shape index (κ3) is 3.53. The van der Waals surface area contributed by atoms with Crippen molar-refractivity contribution < 1.29 is 28.2 Å². The zero-order valence-corrected chi connectivity index (χ0v) is 14.5. The molecule has 3 rings (SSSR count). The highest BCUT2D eigenvalue weighted by Crippen LogP contribution is 2.44. The van der Waals surface area contributed by atoms with Gasteiger partial charge in [0.15, 0.2) is 11.5 Å². The van der Waals surface area contributed by atoms with Gasteiger partial charge in [-0.3, -0.25) is 9.78 Å². The van der Waals surface area contributed by atoms with Crippen LogP contribution in [0.4, 0.5) is 24.5 Å². The molecule has 0 fully saturated rings. The number of amides is 1. The molecule has 0 saturated heterocycles. The van der Waals surface area contributed by atoms with Gasteiger partial charge in [-0.1, -0.05) is 6.07 Å². The number of aromatic nitrogens is 1. The van der Waals surface area contributed by atoms with E-state index < -0.39 is 29.3 Å². The number of carbonyl (C=O) groups is 1. The number of halogens is 3. The smallest absolute Gasteiger partial charge is 0.433 e. The van der Waals surface area contributed by atoms with E-state index in [2.05, 4.69) is 4.98 Å². The Kier molecular flexibility index (Phi) is 4.80. The number of aromatic hydroxyl groups is 2. The molecule has 2 heterocycles. The number of carbonyl (C=O) groups excluding carboxylic acids is 1. The summed E-state index contributed by atoms with van der Waals surface area (Å²) in [6, 6.07) is 2.05. The van der Waals surface area contributed by atoms with Crippen molar-refractivity contribution in [3.05, 3.63) is 46.8 Å². The average Bonchev–Trinajstić information content (AvgIpc) is 2.68. The summed E-state index contributed by atoms with van der Waals surface area (Å²) in [5, 5.41) is 19.6. The van der Waals surface area contributed by atoms with Gasteiger partial charge in [0, 0.05) is 30.9 Å². The molecule has 7 nitrogen and oxygen atoms in total. The molecule has 0 aliphatic carbocycles. The molecule has 28 heavy (non-hydrogen) atoms. The molecule has 0 spiro atoms. The minimum Gasteiger partial charge on any atom is -0.503 e. The number of hydrogen-bond donors (Lipinski definition) is 4. The number of benzene rings is 1. The van der Waals surface area contributed by atoms with Crippen LogP contribution in [-0.4, -0.2) is 32.5 Å². The van der Waals surface area contributed by atoms with Crippen LogP contribution in [0.15, 0.2) is 24.4 Å². The molecular weight excluding hydrogens is 377 g/mol.